The summed E-state index contributed by atoms with van der Waals surface area (Å²) >= 11 is 0. The number of para-hydroxylation sites is 2. The summed E-state index contributed by atoms with van der Waals surface area (Å²) in [7, 11) is 0. The van der Waals surface area contributed by atoms with Crippen LogP contribution in [0.15, 0.2) is 207 Å². The van der Waals surface area contributed by atoms with Gasteiger partial charge in [-0.2, -0.15) is 0 Å². The maximum absolute atomic E-state index is 12.7. The number of phenolic OH excluding ortho intramolecular Hbond substituents is 2. The Morgan fingerprint density at radius 2 is 0.650 bits per heavy atom. The standard InChI is InChI=1S/C90H90N6O2.2Pt/c1-85(2,3)61-41-43-75(67(47-61)55-29-21-19-22-30-55)95-77-39-27-37-65(79(77)93-83(95)69-49-63(87(7,8)9)51-71(81(69)97)89(13,14)15)57-33-25-35-59(45-57)73-53-74(92-54-91-73)60-36-26-34-58(46-60)66-38-28-40-78-80(66)94-84(70-50-64(88(10,11)12)52-72(82(70)98)90(16,17)18)96(78)76-44-42-62(86(4,5)6)48-68(76)56-31-23-20-24-32-56;;/h19-44,47-54,97-98H,1-18H3;;/q-2;;. The second-order valence-electron chi connectivity index (χ2n) is 32.7. The minimum atomic E-state index is -0.370. The van der Waals surface area contributed by atoms with Gasteiger partial charge >= 0.3 is 0 Å². The van der Waals surface area contributed by atoms with Crippen LogP contribution in [0.25, 0.3) is 123 Å². The molecule has 0 atom stereocenters. The molecule has 0 saturated heterocycles. The molecule has 10 aromatic carbocycles. The number of phenols is 2. The second-order valence-corrected chi connectivity index (χ2v) is 32.7. The number of fused-ring (bicyclic) bond motifs is 2. The number of benzene rings is 10. The molecule has 3 aromatic heterocycles. The molecule has 514 valence electrons. The van der Waals surface area contributed by atoms with Gasteiger partial charge in [0.1, 0.15) is 23.1 Å². The van der Waals surface area contributed by atoms with Gasteiger partial charge in [0.15, 0.2) is 0 Å². The molecule has 8 nitrogen and oxygen atoms in total. The van der Waals surface area contributed by atoms with Crippen molar-refractivity contribution in [2.24, 2.45) is 0 Å². The van der Waals surface area contributed by atoms with E-state index < -0.39 is 0 Å². The molecule has 2 N–H and O–H groups in total. The van der Waals surface area contributed by atoms with Gasteiger partial charge in [-0.05, 0) is 114 Å². The molecule has 0 amide bonds. The van der Waals surface area contributed by atoms with Crippen LogP contribution in [0.3, 0.4) is 0 Å². The Balaban J connectivity index is 0.00000504. The summed E-state index contributed by atoms with van der Waals surface area (Å²) in [5, 5.41) is 25.4. The fraction of sp³-hybridized carbons (Fsp3) is 0.267. The maximum Gasteiger partial charge on any atom is 0.148 e. The first-order valence-corrected chi connectivity index (χ1v) is 34.3. The van der Waals surface area contributed by atoms with Gasteiger partial charge in [0.05, 0.1) is 50.9 Å². The van der Waals surface area contributed by atoms with Crippen molar-refractivity contribution < 1.29 is 52.3 Å². The van der Waals surface area contributed by atoms with Gasteiger partial charge < -0.3 is 10.2 Å². The second kappa shape index (κ2) is 26.9. The Morgan fingerprint density at radius 1 is 0.310 bits per heavy atom. The first-order chi connectivity index (χ1) is 46.2. The van der Waals surface area contributed by atoms with E-state index in [9.17, 15) is 10.2 Å². The zero-order valence-electron chi connectivity index (χ0n) is 60.8. The molecular formula is C90H90N6O2Pt2-2. The smallest absolute Gasteiger partial charge is 0.148 e. The summed E-state index contributed by atoms with van der Waals surface area (Å²) in [6.45, 7) is 39.8. The molecular weight excluding hydrogens is 1590 g/mol. The predicted molar refractivity (Wildman–Crippen MR) is 408 cm³/mol. The molecule has 13 aromatic rings. The van der Waals surface area contributed by atoms with E-state index >= 15 is 0 Å². The van der Waals surface area contributed by atoms with E-state index in [0.29, 0.717) is 34.2 Å². The molecule has 0 aliphatic rings. The monoisotopic (exact) mass is 1680 g/mol. The fourth-order valence-electron chi connectivity index (χ4n) is 13.4. The molecule has 0 unspecified atom stereocenters. The van der Waals surface area contributed by atoms with Crippen molar-refractivity contribution in [2.75, 3.05) is 0 Å². The number of imidazole rings is 2. The molecule has 3 heterocycles. The molecule has 0 fully saturated rings. The van der Waals surface area contributed by atoms with Crippen LogP contribution in [0.4, 0.5) is 0 Å². The van der Waals surface area contributed by atoms with Crippen molar-refractivity contribution in [1.82, 2.24) is 29.1 Å². The zero-order valence-corrected chi connectivity index (χ0v) is 65.4. The van der Waals surface area contributed by atoms with Gasteiger partial charge in [0.2, 0.25) is 0 Å². The van der Waals surface area contributed by atoms with E-state index in [4.69, 9.17) is 19.9 Å². The number of aromatic hydroxyl groups is 2. The van der Waals surface area contributed by atoms with Crippen molar-refractivity contribution >= 4 is 22.1 Å². The largest absolute Gasteiger partial charge is 0.507 e. The van der Waals surface area contributed by atoms with Crippen LogP contribution >= 0.6 is 0 Å². The summed E-state index contributed by atoms with van der Waals surface area (Å²) in [6, 6.07) is 78.0. The number of nitrogens with zero attached hydrogens (tertiary/aromatic N) is 6. The van der Waals surface area contributed by atoms with E-state index in [0.717, 1.165) is 111 Å². The van der Waals surface area contributed by atoms with Crippen LogP contribution in [0, 0.1) is 12.1 Å². The third-order valence-electron chi connectivity index (χ3n) is 19.2. The number of aromatic nitrogens is 6. The van der Waals surface area contributed by atoms with E-state index in [2.05, 4.69) is 328 Å². The first kappa shape index (κ1) is 72.4. The fourth-order valence-corrected chi connectivity index (χ4v) is 13.4. The summed E-state index contributed by atoms with van der Waals surface area (Å²) < 4.78 is 4.51. The van der Waals surface area contributed by atoms with Crippen LogP contribution in [0.2, 0.25) is 0 Å². The molecule has 0 aliphatic carbocycles. The molecule has 0 saturated carbocycles. The summed E-state index contributed by atoms with van der Waals surface area (Å²) in [5.74, 6) is 1.73. The van der Waals surface area contributed by atoms with Gasteiger partial charge in [-0.3, -0.25) is 19.1 Å². The summed E-state index contributed by atoms with van der Waals surface area (Å²) in [6.07, 6.45) is 1.62. The minimum absolute atomic E-state index is 0. The SMILES string of the molecule is CC(C)(C)c1ccc(-n2c(-c3cc(C(C)(C)C)cc(C(C)(C)C)c3O)nc3c(-c4[c-]c(-c5cc(-c6[c-]c(-c7cccc8c7nc(-c7cc(C(C)(C)C)cc(C(C)(C)C)c7O)n8-c7ccc(C(C)(C)C)cc7-c7ccccc7)ccc6)ncn5)ccc4)cccc32)c(-c2ccccc2)c1.[Pt].[Pt]. The average Bonchev–Trinajstić information content (AvgIpc) is 1.56. The Kier molecular flexibility index (Phi) is 19.5. The maximum atomic E-state index is 12.7. The Bertz CT molecular complexity index is 4910. The topological polar surface area (TPSA) is 102 Å². The number of hydrogen-bond donors (Lipinski definition) is 2. The van der Waals surface area contributed by atoms with Crippen molar-refractivity contribution in [3.05, 3.63) is 252 Å². The van der Waals surface area contributed by atoms with E-state index in [-0.39, 0.29) is 86.1 Å². The van der Waals surface area contributed by atoms with Crippen molar-refractivity contribution in [1.29, 1.82) is 0 Å². The third kappa shape index (κ3) is 13.9. The van der Waals surface area contributed by atoms with Crippen LogP contribution in [-0.2, 0) is 74.6 Å². The van der Waals surface area contributed by atoms with E-state index in [1.54, 1.807) is 6.33 Å². The van der Waals surface area contributed by atoms with Gasteiger partial charge in [-0.25, -0.2) is 9.97 Å². The predicted octanol–water partition coefficient (Wildman–Crippen LogP) is 23.3. The third-order valence-corrected chi connectivity index (χ3v) is 19.2. The zero-order chi connectivity index (χ0) is 69.8. The Morgan fingerprint density at radius 3 is 1.00 bits per heavy atom. The van der Waals surface area contributed by atoms with Crippen molar-refractivity contribution in [3.8, 4) is 113 Å². The first-order valence-electron chi connectivity index (χ1n) is 34.3. The van der Waals surface area contributed by atoms with Crippen molar-refractivity contribution in [2.45, 2.75) is 157 Å². The Hall–Kier alpha value is -8.80. The van der Waals surface area contributed by atoms with Gasteiger partial charge in [-0.15, -0.1) is 59.7 Å². The summed E-state index contributed by atoms with van der Waals surface area (Å²) in [5.41, 5.74) is 22.2. The Labute approximate surface area is 620 Å². The van der Waals surface area contributed by atoms with Crippen LogP contribution in [0.1, 0.15) is 158 Å². The normalized spacial score (nSPS) is 12.4. The summed E-state index contributed by atoms with van der Waals surface area (Å²) in [4.78, 5) is 21.2. The van der Waals surface area contributed by atoms with Crippen LogP contribution in [0.5, 0.6) is 11.5 Å². The average molecular weight is 1680 g/mol. The van der Waals surface area contributed by atoms with Crippen molar-refractivity contribution in [3.63, 3.8) is 0 Å². The molecule has 0 spiro atoms. The van der Waals surface area contributed by atoms with Gasteiger partial charge in [0.25, 0.3) is 0 Å². The van der Waals surface area contributed by atoms with Gasteiger partial charge in [0, 0.05) is 75.8 Å². The van der Waals surface area contributed by atoms with E-state index in [1.165, 1.54) is 11.1 Å². The molecule has 13 rings (SSSR count). The van der Waals surface area contributed by atoms with Gasteiger partial charge in [-0.1, -0.05) is 262 Å². The van der Waals surface area contributed by atoms with E-state index in [1.807, 2.05) is 18.2 Å². The number of hydrogen-bond acceptors (Lipinski definition) is 6. The molecule has 0 aliphatic heterocycles. The number of rotatable bonds is 10. The quantitative estimate of drug-likeness (QED) is 0.132. The molecule has 0 radical (unpaired) electrons. The molecule has 0 bridgehead atoms. The van der Waals surface area contributed by atoms with Crippen LogP contribution in [-0.4, -0.2) is 39.3 Å². The molecule has 10 heteroatoms. The minimum Gasteiger partial charge on any atom is -0.507 e. The van der Waals surface area contributed by atoms with Crippen LogP contribution < -0.4 is 0 Å². The molecule has 100 heavy (non-hydrogen) atoms.